The summed E-state index contributed by atoms with van der Waals surface area (Å²) in [6.07, 6.45) is 6.61. The second kappa shape index (κ2) is 7.38. The minimum absolute atomic E-state index is 0.0280. The summed E-state index contributed by atoms with van der Waals surface area (Å²) in [6.45, 7) is 6.10. The van der Waals surface area contributed by atoms with Gasteiger partial charge < -0.3 is 10.1 Å². The van der Waals surface area contributed by atoms with Gasteiger partial charge in [-0.2, -0.15) is 0 Å². The molecule has 0 amide bonds. The molecule has 2 aliphatic carbocycles. The van der Waals surface area contributed by atoms with Crippen molar-refractivity contribution in [1.82, 2.24) is 5.32 Å². The molecule has 1 aromatic carbocycles. The molecule has 1 aliphatic heterocycles. The van der Waals surface area contributed by atoms with Crippen molar-refractivity contribution in [3.8, 4) is 0 Å². The second-order valence-electron chi connectivity index (χ2n) is 8.91. The first kappa shape index (κ1) is 18.7. The van der Waals surface area contributed by atoms with E-state index in [2.05, 4.69) is 19.2 Å². The Hall–Kier alpha value is -1.68. The first-order chi connectivity index (χ1) is 13.0. The normalized spacial score (nSPS) is 32.9. The van der Waals surface area contributed by atoms with Gasteiger partial charge in [0.05, 0.1) is 5.92 Å². The van der Waals surface area contributed by atoms with Gasteiger partial charge >= 0.3 is 5.97 Å². The lowest BCUT2D eigenvalue weighted by molar-refractivity contribution is -0.145. The molecule has 1 heterocycles. The summed E-state index contributed by atoms with van der Waals surface area (Å²) in [5.74, 6) is 0.0322. The van der Waals surface area contributed by atoms with E-state index < -0.39 is 0 Å². The van der Waals surface area contributed by atoms with E-state index in [-0.39, 0.29) is 29.2 Å². The molecule has 1 N–H and O–H groups in total. The van der Waals surface area contributed by atoms with Crippen LogP contribution in [0.15, 0.2) is 35.4 Å². The van der Waals surface area contributed by atoms with Crippen LogP contribution in [0, 0.1) is 23.1 Å². The molecule has 1 aromatic rings. The van der Waals surface area contributed by atoms with E-state index in [1.54, 1.807) is 11.1 Å². The van der Waals surface area contributed by atoms with E-state index >= 15 is 0 Å². The minimum atomic E-state index is -0.205. The highest BCUT2D eigenvalue weighted by Gasteiger charge is 2.52. The van der Waals surface area contributed by atoms with Gasteiger partial charge in [0, 0.05) is 12.5 Å². The zero-order chi connectivity index (χ0) is 19.0. The van der Waals surface area contributed by atoms with E-state index in [4.69, 9.17) is 4.74 Å². The number of nitrogens with one attached hydrogen (secondary N) is 1. The number of halogens is 1. The molecule has 4 atom stereocenters. The second-order valence-corrected chi connectivity index (χ2v) is 8.91. The van der Waals surface area contributed by atoms with Gasteiger partial charge in [-0.15, -0.1) is 0 Å². The summed E-state index contributed by atoms with van der Waals surface area (Å²) in [7, 11) is 0. The lowest BCUT2D eigenvalue weighted by Crippen LogP contribution is -2.40. The van der Waals surface area contributed by atoms with Crippen molar-refractivity contribution in [2.24, 2.45) is 17.3 Å². The smallest absolute Gasteiger partial charge is 0.310 e. The van der Waals surface area contributed by atoms with Crippen LogP contribution in [0.4, 0.5) is 4.39 Å². The zero-order valence-corrected chi connectivity index (χ0v) is 16.4. The molecule has 2 fully saturated rings. The van der Waals surface area contributed by atoms with Gasteiger partial charge in [-0.05, 0) is 75.1 Å². The maximum Gasteiger partial charge on any atom is 0.310 e. The van der Waals surface area contributed by atoms with Crippen molar-refractivity contribution >= 4 is 5.97 Å². The Kier molecular flexibility index (Phi) is 5.11. The summed E-state index contributed by atoms with van der Waals surface area (Å²) in [5, 5.41) is 3.44. The van der Waals surface area contributed by atoms with Gasteiger partial charge in [0.15, 0.2) is 0 Å². The molecule has 146 valence electrons. The molecule has 0 spiro atoms. The van der Waals surface area contributed by atoms with Crippen LogP contribution in [0.2, 0.25) is 0 Å². The predicted octanol–water partition coefficient (Wildman–Crippen LogP) is 4.42. The average Bonchev–Trinajstić information content (AvgIpc) is 2.92. The molecular formula is C23H30FNO2. The fraction of sp³-hybridized carbons (Fsp3) is 0.609. The van der Waals surface area contributed by atoms with Crippen LogP contribution in [-0.4, -0.2) is 25.2 Å². The topological polar surface area (TPSA) is 38.3 Å². The van der Waals surface area contributed by atoms with E-state index in [9.17, 15) is 9.18 Å². The summed E-state index contributed by atoms with van der Waals surface area (Å²) < 4.78 is 18.8. The molecule has 3 nitrogen and oxygen atoms in total. The van der Waals surface area contributed by atoms with Crippen LogP contribution in [0.3, 0.4) is 0 Å². The minimum Gasteiger partial charge on any atom is -0.462 e. The number of rotatable bonds is 5. The Labute approximate surface area is 161 Å². The first-order valence-electron chi connectivity index (χ1n) is 10.3. The molecule has 4 rings (SSSR count). The molecule has 4 heteroatoms. The van der Waals surface area contributed by atoms with Crippen molar-refractivity contribution in [3.05, 3.63) is 46.8 Å². The Morgan fingerprint density at radius 1 is 1.30 bits per heavy atom. The molecular weight excluding hydrogens is 341 g/mol. The molecule has 0 radical (unpaired) electrons. The van der Waals surface area contributed by atoms with E-state index in [0.29, 0.717) is 12.5 Å². The van der Waals surface area contributed by atoms with Gasteiger partial charge in [0.25, 0.3) is 0 Å². The van der Waals surface area contributed by atoms with Crippen LogP contribution in [0.1, 0.15) is 51.5 Å². The predicted molar refractivity (Wildman–Crippen MR) is 104 cm³/mol. The van der Waals surface area contributed by atoms with Gasteiger partial charge in [0.1, 0.15) is 11.9 Å². The van der Waals surface area contributed by atoms with E-state index in [1.165, 1.54) is 31.4 Å². The molecule has 1 saturated heterocycles. The summed E-state index contributed by atoms with van der Waals surface area (Å²) in [6, 6.07) is 6.62. The Bertz CT molecular complexity index is 741. The van der Waals surface area contributed by atoms with Gasteiger partial charge in [0.2, 0.25) is 0 Å². The number of benzene rings is 1. The monoisotopic (exact) mass is 371 g/mol. The SMILES string of the molecule is CC1=C2CC3C(CC2(C)CCC1)OC(=O)C3CNCCc1ccc(F)cc1. The van der Waals surface area contributed by atoms with Crippen molar-refractivity contribution in [1.29, 1.82) is 0 Å². The quantitative estimate of drug-likeness (QED) is 0.473. The molecule has 1 saturated carbocycles. The van der Waals surface area contributed by atoms with E-state index in [0.717, 1.165) is 31.4 Å². The number of fused-ring (bicyclic) bond motifs is 2. The maximum absolute atomic E-state index is 13.0. The van der Waals surface area contributed by atoms with Gasteiger partial charge in [-0.3, -0.25) is 4.79 Å². The number of allylic oxidation sites excluding steroid dienone is 2. The number of carbonyl (C=O) groups is 1. The number of esters is 1. The lowest BCUT2D eigenvalue weighted by Gasteiger charge is -2.45. The van der Waals surface area contributed by atoms with Crippen molar-refractivity contribution < 1.29 is 13.9 Å². The molecule has 4 unspecified atom stereocenters. The third-order valence-corrected chi connectivity index (χ3v) is 7.05. The van der Waals surface area contributed by atoms with Crippen LogP contribution in [-0.2, 0) is 16.0 Å². The van der Waals surface area contributed by atoms with Gasteiger partial charge in [-0.25, -0.2) is 4.39 Å². The Morgan fingerprint density at radius 3 is 2.85 bits per heavy atom. The highest BCUT2D eigenvalue weighted by Crippen LogP contribution is 2.54. The highest BCUT2D eigenvalue weighted by molar-refractivity contribution is 5.76. The average molecular weight is 371 g/mol. The van der Waals surface area contributed by atoms with Crippen LogP contribution in [0.25, 0.3) is 0 Å². The van der Waals surface area contributed by atoms with Crippen LogP contribution in [0.5, 0.6) is 0 Å². The molecule has 3 aliphatic rings. The molecule has 0 bridgehead atoms. The van der Waals surface area contributed by atoms with Gasteiger partial charge in [-0.1, -0.05) is 30.2 Å². The summed E-state index contributed by atoms with van der Waals surface area (Å²) in [5.41, 5.74) is 4.48. The van der Waals surface area contributed by atoms with E-state index in [1.807, 2.05) is 12.1 Å². The number of hydrogen-bond acceptors (Lipinski definition) is 3. The fourth-order valence-electron chi connectivity index (χ4n) is 5.49. The maximum atomic E-state index is 13.0. The Morgan fingerprint density at radius 2 is 2.07 bits per heavy atom. The molecule has 0 aromatic heterocycles. The number of hydrogen-bond donors (Lipinski definition) is 1. The third kappa shape index (κ3) is 3.69. The lowest BCUT2D eigenvalue weighted by atomic mass is 9.59. The summed E-state index contributed by atoms with van der Waals surface area (Å²) >= 11 is 0. The fourth-order valence-corrected chi connectivity index (χ4v) is 5.49. The summed E-state index contributed by atoms with van der Waals surface area (Å²) in [4.78, 5) is 12.5. The standard InChI is InChI=1S/C23H30FNO2/c1-15-4-3-10-23(2)13-21-18(12-20(15)23)19(22(26)27-21)14-25-11-9-16-5-7-17(24)8-6-16/h5-8,18-19,21,25H,3-4,9-14H2,1-2H3. The Balaban J connectivity index is 1.36. The van der Waals surface area contributed by atoms with Crippen molar-refractivity contribution in [2.75, 3.05) is 13.1 Å². The van der Waals surface area contributed by atoms with Crippen molar-refractivity contribution in [2.45, 2.75) is 58.5 Å². The number of carbonyl (C=O) groups excluding carboxylic acids is 1. The van der Waals surface area contributed by atoms with Crippen molar-refractivity contribution in [3.63, 3.8) is 0 Å². The van der Waals surface area contributed by atoms with Crippen LogP contribution >= 0.6 is 0 Å². The first-order valence-corrected chi connectivity index (χ1v) is 10.3. The molecule has 27 heavy (non-hydrogen) atoms. The van der Waals surface area contributed by atoms with Crippen LogP contribution < -0.4 is 5.32 Å². The third-order valence-electron chi connectivity index (χ3n) is 7.05. The largest absolute Gasteiger partial charge is 0.462 e. The zero-order valence-electron chi connectivity index (χ0n) is 16.4. The number of ether oxygens (including phenoxy) is 1. The highest BCUT2D eigenvalue weighted by atomic mass is 19.1.